The number of carbonyl (C=O) groups is 3. The van der Waals surface area contributed by atoms with Gasteiger partial charge in [0.2, 0.25) is 11.8 Å². The summed E-state index contributed by atoms with van der Waals surface area (Å²) >= 11 is 5.96. The Morgan fingerprint density at radius 2 is 1.90 bits per heavy atom. The van der Waals surface area contributed by atoms with Crippen molar-refractivity contribution in [2.75, 3.05) is 5.32 Å². The predicted molar refractivity (Wildman–Crippen MR) is 77.0 cm³/mol. The molecule has 0 radical (unpaired) electrons. The van der Waals surface area contributed by atoms with E-state index >= 15 is 0 Å². The summed E-state index contributed by atoms with van der Waals surface area (Å²) < 4.78 is 0. The molecule has 0 bridgehead atoms. The largest absolute Gasteiger partial charge is 0.481 e. The molecule has 4 N–H and O–H groups in total. The maximum atomic E-state index is 12.2. The van der Waals surface area contributed by atoms with Crippen LogP contribution in [-0.2, 0) is 9.59 Å². The summed E-state index contributed by atoms with van der Waals surface area (Å²) in [5.74, 6) is -3.44. The lowest BCUT2D eigenvalue weighted by Crippen LogP contribution is -2.19. The zero-order chi connectivity index (χ0) is 15.9. The molecule has 1 aromatic rings. The molecule has 1 aliphatic carbocycles. The number of benzene rings is 1. The third-order valence-corrected chi connectivity index (χ3v) is 4.21. The normalized spacial score (nSPS) is 22.4. The first-order chi connectivity index (χ1) is 9.66. The van der Waals surface area contributed by atoms with E-state index in [1.807, 2.05) is 0 Å². The Hall–Kier alpha value is -2.08. The Morgan fingerprint density at radius 1 is 1.29 bits per heavy atom. The van der Waals surface area contributed by atoms with Gasteiger partial charge >= 0.3 is 5.97 Å². The van der Waals surface area contributed by atoms with Crippen LogP contribution in [0.2, 0.25) is 5.02 Å². The van der Waals surface area contributed by atoms with Gasteiger partial charge in [0.15, 0.2) is 0 Å². The molecule has 6 nitrogen and oxygen atoms in total. The molecule has 2 unspecified atom stereocenters. The minimum Gasteiger partial charge on any atom is -0.481 e. The van der Waals surface area contributed by atoms with Gasteiger partial charge in [0, 0.05) is 5.56 Å². The standard InChI is InChI=1S/C14H15ClN2O4/c1-14(2)9(10(14)13(20)21)12(19)17-8-5-6(11(16)18)3-4-7(8)15/h3-5,9-10H,1-2H3,(H2,16,18)(H,17,19)(H,20,21). The third kappa shape index (κ3) is 2.71. The van der Waals surface area contributed by atoms with Gasteiger partial charge in [-0.2, -0.15) is 0 Å². The highest BCUT2D eigenvalue weighted by atomic mass is 35.5. The second kappa shape index (κ2) is 5.04. The maximum absolute atomic E-state index is 12.2. The fraction of sp³-hybridized carbons (Fsp3) is 0.357. The van der Waals surface area contributed by atoms with Crippen LogP contribution in [-0.4, -0.2) is 22.9 Å². The molecule has 0 aromatic heterocycles. The van der Waals surface area contributed by atoms with E-state index in [4.69, 9.17) is 22.4 Å². The summed E-state index contributed by atoms with van der Waals surface area (Å²) in [5.41, 5.74) is 5.01. The first kappa shape index (κ1) is 15.3. The van der Waals surface area contributed by atoms with Gasteiger partial charge in [0.25, 0.3) is 0 Å². The topological polar surface area (TPSA) is 109 Å². The van der Waals surface area contributed by atoms with Crippen molar-refractivity contribution in [3.8, 4) is 0 Å². The number of nitrogens with two attached hydrogens (primary N) is 1. The molecule has 21 heavy (non-hydrogen) atoms. The Kier molecular flexibility index (Phi) is 3.67. The summed E-state index contributed by atoms with van der Waals surface area (Å²) in [6.45, 7) is 3.44. The smallest absolute Gasteiger partial charge is 0.307 e. The Balaban J connectivity index is 2.20. The number of nitrogens with one attached hydrogen (secondary N) is 1. The van der Waals surface area contributed by atoms with E-state index in [0.717, 1.165) is 0 Å². The van der Waals surface area contributed by atoms with Gasteiger partial charge in [-0.1, -0.05) is 25.4 Å². The fourth-order valence-corrected chi connectivity index (χ4v) is 2.74. The van der Waals surface area contributed by atoms with Gasteiger partial charge in [-0.3, -0.25) is 14.4 Å². The van der Waals surface area contributed by atoms with E-state index in [-0.39, 0.29) is 16.3 Å². The molecular formula is C14H15ClN2O4. The lowest BCUT2D eigenvalue weighted by molar-refractivity contribution is -0.140. The number of anilines is 1. The number of aliphatic carboxylic acids is 1. The summed E-state index contributed by atoms with van der Waals surface area (Å²) in [5, 5.41) is 11.9. The van der Waals surface area contributed by atoms with Gasteiger partial charge in [-0.15, -0.1) is 0 Å². The molecule has 1 saturated carbocycles. The lowest BCUT2D eigenvalue weighted by Gasteiger charge is -2.09. The number of carboxylic acids is 1. The number of hydrogen-bond acceptors (Lipinski definition) is 3. The van der Waals surface area contributed by atoms with Crippen LogP contribution in [0, 0.1) is 17.3 Å². The number of carboxylic acid groups (broad SMARTS) is 1. The molecule has 2 atom stereocenters. The lowest BCUT2D eigenvalue weighted by atomic mass is 10.1. The second-order valence-electron chi connectivity index (χ2n) is 5.66. The van der Waals surface area contributed by atoms with E-state index in [1.54, 1.807) is 13.8 Å². The molecule has 2 rings (SSSR count). The van der Waals surface area contributed by atoms with Crippen LogP contribution in [0.15, 0.2) is 18.2 Å². The van der Waals surface area contributed by atoms with Gasteiger partial charge in [-0.05, 0) is 23.6 Å². The minimum atomic E-state index is -1.00. The monoisotopic (exact) mass is 310 g/mol. The molecule has 1 aromatic carbocycles. The van der Waals surface area contributed by atoms with Crippen molar-refractivity contribution in [2.24, 2.45) is 23.0 Å². The molecule has 0 aliphatic heterocycles. The Morgan fingerprint density at radius 3 is 2.38 bits per heavy atom. The number of halogens is 1. The molecule has 1 aliphatic rings. The third-order valence-electron chi connectivity index (χ3n) is 3.88. The highest BCUT2D eigenvalue weighted by Crippen LogP contribution is 2.58. The molecule has 0 saturated heterocycles. The number of hydrogen-bond donors (Lipinski definition) is 3. The van der Waals surface area contributed by atoms with Crippen molar-refractivity contribution in [2.45, 2.75) is 13.8 Å². The van der Waals surface area contributed by atoms with Crippen molar-refractivity contribution >= 4 is 35.1 Å². The van der Waals surface area contributed by atoms with Crippen LogP contribution >= 0.6 is 11.6 Å². The molecule has 7 heteroatoms. The van der Waals surface area contributed by atoms with Crippen LogP contribution in [0.4, 0.5) is 5.69 Å². The van der Waals surface area contributed by atoms with Crippen LogP contribution in [0.25, 0.3) is 0 Å². The molecular weight excluding hydrogens is 296 g/mol. The van der Waals surface area contributed by atoms with E-state index in [1.165, 1.54) is 18.2 Å². The van der Waals surface area contributed by atoms with Crippen molar-refractivity contribution < 1.29 is 19.5 Å². The highest BCUT2D eigenvalue weighted by Gasteiger charge is 2.65. The number of primary amides is 1. The Bertz CT molecular complexity index is 642. The van der Waals surface area contributed by atoms with Crippen LogP contribution in [0.5, 0.6) is 0 Å². The van der Waals surface area contributed by atoms with Gasteiger partial charge in [-0.25, -0.2) is 0 Å². The fourth-order valence-electron chi connectivity index (χ4n) is 2.57. The van der Waals surface area contributed by atoms with Crippen molar-refractivity contribution in [1.82, 2.24) is 0 Å². The number of rotatable bonds is 4. The molecule has 2 amide bonds. The van der Waals surface area contributed by atoms with Crippen LogP contribution in [0.1, 0.15) is 24.2 Å². The first-order valence-electron chi connectivity index (χ1n) is 6.29. The van der Waals surface area contributed by atoms with Crippen LogP contribution < -0.4 is 11.1 Å². The zero-order valence-corrected chi connectivity index (χ0v) is 12.3. The molecule has 0 spiro atoms. The van der Waals surface area contributed by atoms with Gasteiger partial charge in [0.1, 0.15) is 0 Å². The average Bonchev–Trinajstić information content (AvgIpc) is 2.95. The van der Waals surface area contributed by atoms with E-state index in [2.05, 4.69) is 5.32 Å². The summed E-state index contributed by atoms with van der Waals surface area (Å²) in [4.78, 5) is 34.4. The van der Waals surface area contributed by atoms with Crippen LogP contribution in [0.3, 0.4) is 0 Å². The van der Waals surface area contributed by atoms with Gasteiger partial charge < -0.3 is 16.2 Å². The molecule has 1 fully saturated rings. The second-order valence-corrected chi connectivity index (χ2v) is 6.07. The Labute approximate surface area is 126 Å². The average molecular weight is 311 g/mol. The first-order valence-corrected chi connectivity index (χ1v) is 6.67. The van der Waals surface area contributed by atoms with Gasteiger partial charge in [0.05, 0.1) is 22.5 Å². The number of carbonyl (C=O) groups excluding carboxylic acids is 2. The number of amides is 2. The zero-order valence-electron chi connectivity index (χ0n) is 11.5. The summed E-state index contributed by atoms with van der Waals surface area (Å²) in [7, 11) is 0. The SMILES string of the molecule is CC1(C)C(C(=O)O)C1C(=O)Nc1cc(C(N)=O)ccc1Cl. The summed E-state index contributed by atoms with van der Waals surface area (Å²) in [6.07, 6.45) is 0. The van der Waals surface area contributed by atoms with E-state index in [9.17, 15) is 14.4 Å². The van der Waals surface area contributed by atoms with Crippen molar-refractivity contribution in [3.63, 3.8) is 0 Å². The minimum absolute atomic E-state index is 0.208. The summed E-state index contributed by atoms with van der Waals surface area (Å²) in [6, 6.07) is 4.26. The highest BCUT2D eigenvalue weighted by molar-refractivity contribution is 6.34. The maximum Gasteiger partial charge on any atom is 0.307 e. The van der Waals surface area contributed by atoms with Crippen molar-refractivity contribution in [3.05, 3.63) is 28.8 Å². The van der Waals surface area contributed by atoms with E-state index in [0.29, 0.717) is 0 Å². The van der Waals surface area contributed by atoms with E-state index < -0.39 is 35.0 Å². The van der Waals surface area contributed by atoms with Crippen molar-refractivity contribution in [1.29, 1.82) is 0 Å². The molecule has 112 valence electrons. The quantitative estimate of drug-likeness (QED) is 0.786. The molecule has 0 heterocycles. The predicted octanol–water partition coefficient (Wildman–Crippen LogP) is 1.73.